The van der Waals surface area contributed by atoms with E-state index in [0.717, 1.165) is 59.5 Å². The number of benzene rings is 2. The molecular weight excluding hydrogens is 522 g/mol. The molecule has 2 aromatic carbocycles. The van der Waals surface area contributed by atoms with Gasteiger partial charge in [-0.3, -0.25) is 9.59 Å². The number of nitrogens with zero attached hydrogens (tertiary/aromatic N) is 1. The van der Waals surface area contributed by atoms with Crippen LogP contribution in [0.4, 0.5) is 0 Å². The fraction of sp³-hybridized carbons (Fsp3) is 0.471. The van der Waals surface area contributed by atoms with Gasteiger partial charge >= 0.3 is 0 Å². The number of carbonyl (C=O) groups is 2. The predicted octanol–water partition coefficient (Wildman–Crippen LogP) is 8.02. The molecule has 5 nitrogen and oxygen atoms in total. The standard InChI is InChI=1S/C34H40ClNO4/c1-7-14-36-24-16-33(2,3)18-26(37)31(24)30(32-25(36)17-34(4,5)19-27(32)38)22-10-13-28(29(15-22)39-6)40-20-21-8-11-23(35)12-9-21/h8-13,15,30H,7,14,16-20H2,1-6H3. The first-order valence-electron chi connectivity index (χ1n) is 14.3. The number of halogens is 1. The van der Waals surface area contributed by atoms with Gasteiger partial charge in [0.05, 0.1) is 7.11 Å². The van der Waals surface area contributed by atoms with E-state index in [1.807, 2.05) is 42.5 Å². The van der Waals surface area contributed by atoms with Gasteiger partial charge in [0.2, 0.25) is 0 Å². The maximum absolute atomic E-state index is 13.9. The van der Waals surface area contributed by atoms with Crippen LogP contribution in [0, 0.1) is 10.8 Å². The first-order valence-corrected chi connectivity index (χ1v) is 14.7. The van der Waals surface area contributed by atoms with Gasteiger partial charge in [-0.25, -0.2) is 0 Å². The number of carbonyl (C=O) groups excluding carboxylic acids is 2. The second-order valence-electron chi connectivity index (χ2n) is 13.0. The number of ketones is 2. The van der Waals surface area contributed by atoms with Crippen molar-refractivity contribution >= 4 is 23.2 Å². The average Bonchev–Trinajstić information content (AvgIpc) is 2.87. The molecule has 0 saturated heterocycles. The minimum Gasteiger partial charge on any atom is -0.493 e. The van der Waals surface area contributed by atoms with E-state index >= 15 is 0 Å². The molecule has 2 aromatic rings. The van der Waals surface area contributed by atoms with Crippen LogP contribution in [0.15, 0.2) is 65.0 Å². The average molecular weight is 562 g/mol. The number of hydrogen-bond acceptors (Lipinski definition) is 5. The summed E-state index contributed by atoms with van der Waals surface area (Å²) in [4.78, 5) is 30.1. The van der Waals surface area contributed by atoms with Crippen LogP contribution in [0.2, 0.25) is 5.02 Å². The second kappa shape index (κ2) is 10.7. The van der Waals surface area contributed by atoms with Crippen molar-refractivity contribution in [3.63, 3.8) is 0 Å². The molecule has 3 aliphatic rings. The third-order valence-corrected chi connectivity index (χ3v) is 8.55. The first kappa shape index (κ1) is 28.5. The van der Waals surface area contributed by atoms with Gasteiger partial charge in [-0.15, -0.1) is 0 Å². The number of hydrogen-bond donors (Lipinski definition) is 0. The fourth-order valence-electron chi connectivity index (χ4n) is 6.60. The molecule has 0 atom stereocenters. The van der Waals surface area contributed by atoms with E-state index in [2.05, 4.69) is 39.5 Å². The Labute approximate surface area is 243 Å². The molecule has 212 valence electrons. The lowest BCUT2D eigenvalue weighted by Gasteiger charge is -2.49. The molecule has 0 N–H and O–H groups in total. The zero-order valence-corrected chi connectivity index (χ0v) is 25.3. The lowest BCUT2D eigenvalue weighted by Crippen LogP contribution is -2.44. The Balaban J connectivity index is 1.61. The highest BCUT2D eigenvalue weighted by Crippen LogP contribution is 2.55. The topological polar surface area (TPSA) is 55.8 Å². The Morgan fingerprint density at radius 1 is 0.850 bits per heavy atom. The van der Waals surface area contributed by atoms with Gasteiger partial charge in [0.25, 0.3) is 0 Å². The zero-order valence-electron chi connectivity index (χ0n) is 24.5. The fourth-order valence-corrected chi connectivity index (χ4v) is 6.73. The summed E-state index contributed by atoms with van der Waals surface area (Å²) in [6, 6.07) is 13.4. The van der Waals surface area contributed by atoms with E-state index in [9.17, 15) is 9.59 Å². The molecule has 0 amide bonds. The maximum Gasteiger partial charge on any atom is 0.162 e. The van der Waals surface area contributed by atoms with Crippen molar-refractivity contribution in [2.75, 3.05) is 13.7 Å². The summed E-state index contributed by atoms with van der Waals surface area (Å²) in [5.41, 5.74) is 5.40. The number of allylic oxidation sites excluding steroid dienone is 4. The minimum atomic E-state index is -0.399. The highest BCUT2D eigenvalue weighted by molar-refractivity contribution is 6.30. The molecule has 40 heavy (non-hydrogen) atoms. The van der Waals surface area contributed by atoms with Crippen molar-refractivity contribution in [2.45, 2.75) is 79.2 Å². The van der Waals surface area contributed by atoms with Crippen molar-refractivity contribution in [2.24, 2.45) is 10.8 Å². The SMILES string of the molecule is CCCN1C2=C(C(=O)CC(C)(C)C2)C(c2ccc(OCc3ccc(Cl)cc3)c(OC)c2)C2=C1CC(C)(C)CC2=O. The highest BCUT2D eigenvalue weighted by atomic mass is 35.5. The first-order chi connectivity index (χ1) is 18.9. The number of Topliss-reactive ketones (excluding diaryl/α,β-unsaturated/α-hetero) is 2. The van der Waals surface area contributed by atoms with E-state index in [-0.39, 0.29) is 22.4 Å². The number of methoxy groups -OCH3 is 1. The summed E-state index contributed by atoms with van der Waals surface area (Å²) in [5, 5.41) is 0.680. The summed E-state index contributed by atoms with van der Waals surface area (Å²) in [6.45, 7) is 12.0. The molecule has 0 fully saturated rings. The summed E-state index contributed by atoms with van der Waals surface area (Å²) in [6.07, 6.45) is 3.52. The van der Waals surface area contributed by atoms with E-state index in [0.29, 0.717) is 36.0 Å². The van der Waals surface area contributed by atoms with Crippen molar-refractivity contribution in [3.05, 3.63) is 81.2 Å². The van der Waals surface area contributed by atoms with Crippen molar-refractivity contribution in [1.82, 2.24) is 4.90 Å². The van der Waals surface area contributed by atoms with Gasteiger partial charge < -0.3 is 14.4 Å². The Bertz CT molecular complexity index is 1350. The molecule has 2 aliphatic carbocycles. The second-order valence-corrected chi connectivity index (χ2v) is 13.4. The molecular formula is C34H40ClNO4. The third kappa shape index (κ3) is 5.45. The van der Waals surface area contributed by atoms with Gasteiger partial charge in [-0.1, -0.05) is 64.4 Å². The van der Waals surface area contributed by atoms with E-state index in [1.165, 1.54) is 0 Å². The lowest BCUT2D eigenvalue weighted by atomic mass is 9.63. The number of ether oxygens (including phenoxy) is 2. The Kier molecular flexibility index (Phi) is 7.64. The van der Waals surface area contributed by atoms with Gasteiger partial charge in [-0.2, -0.15) is 0 Å². The Morgan fingerprint density at radius 3 is 1.95 bits per heavy atom. The van der Waals surface area contributed by atoms with Crippen LogP contribution in [-0.2, 0) is 16.2 Å². The highest BCUT2D eigenvalue weighted by Gasteiger charge is 2.48. The molecule has 6 heteroatoms. The quantitative estimate of drug-likeness (QED) is 0.342. The largest absolute Gasteiger partial charge is 0.493 e. The van der Waals surface area contributed by atoms with E-state index in [4.69, 9.17) is 21.1 Å². The summed E-state index contributed by atoms with van der Waals surface area (Å²) < 4.78 is 11.9. The molecule has 1 heterocycles. The van der Waals surface area contributed by atoms with Crippen LogP contribution < -0.4 is 9.47 Å². The third-order valence-electron chi connectivity index (χ3n) is 8.30. The number of rotatable bonds is 7. The maximum atomic E-state index is 13.9. The van der Waals surface area contributed by atoms with Gasteiger partial charge in [0.1, 0.15) is 6.61 Å². The van der Waals surface area contributed by atoms with Gasteiger partial charge in [0, 0.05) is 52.9 Å². The van der Waals surface area contributed by atoms with Crippen molar-refractivity contribution in [3.8, 4) is 11.5 Å². The smallest absolute Gasteiger partial charge is 0.162 e. The summed E-state index contributed by atoms with van der Waals surface area (Å²) in [5.74, 6) is 1.08. The molecule has 0 radical (unpaired) electrons. The molecule has 5 rings (SSSR count). The van der Waals surface area contributed by atoms with Gasteiger partial charge in [0.15, 0.2) is 23.1 Å². The summed E-state index contributed by atoms with van der Waals surface area (Å²) in [7, 11) is 1.62. The van der Waals surface area contributed by atoms with E-state index in [1.54, 1.807) is 7.11 Å². The van der Waals surface area contributed by atoms with Crippen LogP contribution >= 0.6 is 11.6 Å². The van der Waals surface area contributed by atoms with Crippen LogP contribution in [0.3, 0.4) is 0 Å². The van der Waals surface area contributed by atoms with E-state index < -0.39 is 5.92 Å². The Hall–Kier alpha value is -3.05. The van der Waals surface area contributed by atoms with Crippen LogP contribution in [0.5, 0.6) is 11.5 Å². The molecule has 0 saturated carbocycles. The summed E-state index contributed by atoms with van der Waals surface area (Å²) >= 11 is 6.02. The molecule has 1 aliphatic heterocycles. The van der Waals surface area contributed by atoms with Crippen LogP contribution in [-0.4, -0.2) is 30.1 Å². The monoisotopic (exact) mass is 561 g/mol. The molecule has 0 unspecified atom stereocenters. The Morgan fingerprint density at radius 2 is 1.43 bits per heavy atom. The lowest BCUT2D eigenvalue weighted by molar-refractivity contribution is -0.119. The molecule has 0 bridgehead atoms. The predicted molar refractivity (Wildman–Crippen MR) is 159 cm³/mol. The van der Waals surface area contributed by atoms with Crippen LogP contribution in [0.1, 0.15) is 83.8 Å². The molecule has 0 aromatic heterocycles. The minimum absolute atomic E-state index is 0.129. The van der Waals surface area contributed by atoms with Crippen LogP contribution in [0.25, 0.3) is 0 Å². The van der Waals surface area contributed by atoms with Gasteiger partial charge in [-0.05, 0) is 65.5 Å². The normalized spacial score (nSPS) is 20.4. The van der Waals surface area contributed by atoms with Crippen molar-refractivity contribution < 1.29 is 19.1 Å². The zero-order chi connectivity index (χ0) is 28.8. The molecule has 0 spiro atoms. The van der Waals surface area contributed by atoms with Crippen molar-refractivity contribution in [1.29, 1.82) is 0 Å².